The van der Waals surface area contributed by atoms with Crippen molar-refractivity contribution in [2.75, 3.05) is 0 Å². The molecule has 16 rings (SSSR count). The Balaban J connectivity index is 0.969. The van der Waals surface area contributed by atoms with Gasteiger partial charge < -0.3 is 0 Å². The lowest BCUT2D eigenvalue weighted by molar-refractivity contribution is 1.23. The fraction of sp³-hybridized carbons (Fsp3) is 0. The Labute approximate surface area is 449 Å². The maximum Gasteiger partial charge on any atom is 0.160 e. The van der Waals surface area contributed by atoms with E-state index in [4.69, 9.17) is 9.97 Å². The zero-order valence-corrected chi connectivity index (χ0v) is 42.2. The highest BCUT2D eigenvalue weighted by Gasteiger charge is 2.21. The summed E-state index contributed by atoms with van der Waals surface area (Å²) in [6.45, 7) is 0. The summed E-state index contributed by atoms with van der Waals surface area (Å²) in [6, 6.07) is 92.4. The molecule has 0 atom stereocenters. The maximum absolute atomic E-state index is 5.68. The van der Waals surface area contributed by atoms with Crippen molar-refractivity contribution in [3.8, 4) is 67.2 Å². The summed E-state index contributed by atoms with van der Waals surface area (Å²) in [6.07, 6.45) is 3.79. The zero-order chi connectivity index (χ0) is 51.3. The van der Waals surface area contributed by atoms with Gasteiger partial charge in [0.05, 0.1) is 22.2 Å². The monoisotopic (exact) mass is 988 g/mol. The first-order valence-electron chi connectivity index (χ1n) is 26.6. The van der Waals surface area contributed by atoms with Crippen molar-refractivity contribution in [3.05, 3.63) is 267 Å². The molecular weight excluding hydrogens is 945 g/mol. The first kappa shape index (κ1) is 43.9. The van der Waals surface area contributed by atoms with E-state index < -0.39 is 0 Å². The number of hydrogen-bond acceptors (Lipinski definition) is 4. The molecular formula is C74H44N4. The lowest BCUT2D eigenvalue weighted by Gasteiger charge is -2.17. The molecule has 0 aliphatic heterocycles. The van der Waals surface area contributed by atoms with Crippen LogP contribution in [0.5, 0.6) is 0 Å². The van der Waals surface area contributed by atoms with E-state index in [1.807, 2.05) is 24.5 Å². The molecule has 0 saturated heterocycles. The number of pyridine rings is 2. The molecule has 4 nitrogen and oxygen atoms in total. The predicted octanol–water partition coefficient (Wildman–Crippen LogP) is 19.6. The molecule has 0 aliphatic rings. The molecule has 3 aromatic heterocycles. The molecule has 0 spiro atoms. The van der Waals surface area contributed by atoms with Crippen LogP contribution in [0, 0.1) is 0 Å². The standard InChI is InChI=1S/C74H44N4/c1-3-17-58-54(13-1)56-15-5-7-19-60(56)67-41-49(33-35-62(58)67)51-43-66(50-34-36-63-59-18-4-2-14-55(59)57-16-6-8-20-61(57)68(63)42-50)73-69(44-51)72(47-29-25-45(26-30-47)52-37-39-75-70-23-11-9-21-64(52)70)77-74(78-73)48-31-27-46(28-32-48)53-38-40-76-71-24-12-10-22-65(53)71/h1-44H. The summed E-state index contributed by atoms with van der Waals surface area (Å²) in [5.41, 5.74) is 14.4. The zero-order valence-electron chi connectivity index (χ0n) is 42.2. The topological polar surface area (TPSA) is 51.6 Å². The van der Waals surface area contributed by atoms with Crippen LogP contribution in [0.4, 0.5) is 0 Å². The van der Waals surface area contributed by atoms with Crippen molar-refractivity contribution >= 4 is 97.3 Å². The SMILES string of the molecule is c1ccc2c(-c3ccc(-c4nc(-c5ccc(-c6ccnc7ccccc67)cc5)c5cc(-c6ccc7c8ccccc8c8ccccc8c7c6)cc(-c6ccc7c8ccccc8c8ccccc8c7c6)c5n4)cc3)ccnc2c1. The second-order valence-electron chi connectivity index (χ2n) is 20.4. The fourth-order valence-corrected chi connectivity index (χ4v) is 12.4. The summed E-state index contributed by atoms with van der Waals surface area (Å²) in [5, 5.41) is 18.1. The Morgan fingerprint density at radius 2 is 0.564 bits per heavy atom. The van der Waals surface area contributed by atoms with E-state index >= 15 is 0 Å². The highest BCUT2D eigenvalue weighted by atomic mass is 14.9. The smallest absolute Gasteiger partial charge is 0.160 e. The Morgan fingerprint density at radius 3 is 1.05 bits per heavy atom. The maximum atomic E-state index is 5.68. The highest BCUT2D eigenvalue weighted by molar-refractivity contribution is 6.27. The summed E-state index contributed by atoms with van der Waals surface area (Å²) < 4.78 is 0. The van der Waals surface area contributed by atoms with Gasteiger partial charge in [-0.1, -0.05) is 206 Å². The Bertz CT molecular complexity index is 5060. The number of rotatable bonds is 6. The van der Waals surface area contributed by atoms with Crippen LogP contribution in [0.25, 0.3) is 164 Å². The van der Waals surface area contributed by atoms with Crippen LogP contribution in [0.2, 0.25) is 0 Å². The van der Waals surface area contributed by atoms with Crippen LogP contribution in [-0.4, -0.2) is 19.9 Å². The second-order valence-corrected chi connectivity index (χ2v) is 20.4. The second kappa shape index (κ2) is 17.6. The van der Waals surface area contributed by atoms with E-state index in [0.29, 0.717) is 5.82 Å². The normalized spacial score (nSPS) is 11.8. The molecule has 4 heteroatoms. The van der Waals surface area contributed by atoms with Crippen LogP contribution in [0.3, 0.4) is 0 Å². The number of benzene rings is 13. The molecule has 0 N–H and O–H groups in total. The van der Waals surface area contributed by atoms with E-state index in [1.165, 1.54) is 64.6 Å². The van der Waals surface area contributed by atoms with E-state index in [0.717, 1.165) is 94.0 Å². The van der Waals surface area contributed by atoms with Gasteiger partial charge in [-0.2, -0.15) is 0 Å². The van der Waals surface area contributed by atoms with Gasteiger partial charge in [0.1, 0.15) is 0 Å². The van der Waals surface area contributed by atoms with E-state index in [2.05, 4.69) is 253 Å². The van der Waals surface area contributed by atoms with Gasteiger partial charge in [0.25, 0.3) is 0 Å². The molecule has 0 saturated carbocycles. The van der Waals surface area contributed by atoms with Crippen molar-refractivity contribution in [1.29, 1.82) is 0 Å². The van der Waals surface area contributed by atoms with Gasteiger partial charge in [0.15, 0.2) is 5.82 Å². The lowest BCUT2D eigenvalue weighted by Crippen LogP contribution is -1.98. The number of nitrogens with zero attached hydrogens (tertiary/aromatic N) is 4. The molecule has 0 aliphatic carbocycles. The highest BCUT2D eigenvalue weighted by Crippen LogP contribution is 2.44. The molecule has 0 radical (unpaired) electrons. The third kappa shape index (κ3) is 7.01. The largest absolute Gasteiger partial charge is 0.256 e. The lowest BCUT2D eigenvalue weighted by atomic mass is 9.88. The Hall–Kier alpha value is -10.4. The van der Waals surface area contributed by atoms with Crippen LogP contribution in [0.15, 0.2) is 267 Å². The van der Waals surface area contributed by atoms with Crippen LogP contribution >= 0.6 is 0 Å². The molecule has 0 amide bonds. The summed E-state index contributed by atoms with van der Waals surface area (Å²) >= 11 is 0. The minimum atomic E-state index is 0.656. The summed E-state index contributed by atoms with van der Waals surface area (Å²) in [7, 11) is 0. The van der Waals surface area contributed by atoms with Crippen molar-refractivity contribution in [2.24, 2.45) is 0 Å². The van der Waals surface area contributed by atoms with Gasteiger partial charge in [-0.05, 0) is 152 Å². The Kier molecular flexibility index (Phi) is 9.91. The average Bonchev–Trinajstić information content (AvgIpc) is 3.62. The number of para-hydroxylation sites is 2. The number of aromatic nitrogens is 4. The quantitative estimate of drug-likeness (QED) is 0.156. The molecule has 0 unspecified atom stereocenters. The van der Waals surface area contributed by atoms with Crippen molar-refractivity contribution in [2.45, 2.75) is 0 Å². The molecule has 3 heterocycles. The van der Waals surface area contributed by atoms with Gasteiger partial charge in [0.2, 0.25) is 0 Å². The van der Waals surface area contributed by atoms with Crippen molar-refractivity contribution in [3.63, 3.8) is 0 Å². The van der Waals surface area contributed by atoms with E-state index in [1.54, 1.807) is 0 Å². The molecule has 78 heavy (non-hydrogen) atoms. The first-order chi connectivity index (χ1) is 38.7. The van der Waals surface area contributed by atoms with Crippen LogP contribution in [-0.2, 0) is 0 Å². The molecule has 13 aromatic carbocycles. The van der Waals surface area contributed by atoms with E-state index in [-0.39, 0.29) is 0 Å². The minimum absolute atomic E-state index is 0.656. The number of fused-ring (bicyclic) bond motifs is 15. The molecule has 0 bridgehead atoms. The van der Waals surface area contributed by atoms with Crippen LogP contribution in [0.1, 0.15) is 0 Å². The molecule has 360 valence electrons. The fourth-order valence-electron chi connectivity index (χ4n) is 12.4. The third-order valence-corrected chi connectivity index (χ3v) is 16.2. The third-order valence-electron chi connectivity index (χ3n) is 16.2. The van der Waals surface area contributed by atoms with E-state index in [9.17, 15) is 0 Å². The minimum Gasteiger partial charge on any atom is -0.256 e. The molecule has 16 aromatic rings. The van der Waals surface area contributed by atoms with Gasteiger partial charge in [-0.15, -0.1) is 0 Å². The first-order valence-corrected chi connectivity index (χ1v) is 26.6. The van der Waals surface area contributed by atoms with Gasteiger partial charge in [-0.3, -0.25) is 9.97 Å². The number of hydrogen-bond donors (Lipinski definition) is 0. The van der Waals surface area contributed by atoms with Crippen molar-refractivity contribution < 1.29 is 0 Å². The van der Waals surface area contributed by atoms with Gasteiger partial charge in [-0.25, -0.2) is 9.97 Å². The average molecular weight is 989 g/mol. The summed E-state index contributed by atoms with van der Waals surface area (Å²) in [4.78, 5) is 20.6. The Morgan fingerprint density at radius 1 is 0.205 bits per heavy atom. The van der Waals surface area contributed by atoms with Gasteiger partial charge in [0, 0.05) is 45.2 Å². The predicted molar refractivity (Wildman–Crippen MR) is 328 cm³/mol. The van der Waals surface area contributed by atoms with Gasteiger partial charge >= 0.3 is 0 Å². The van der Waals surface area contributed by atoms with Crippen LogP contribution < -0.4 is 0 Å². The van der Waals surface area contributed by atoms with Crippen molar-refractivity contribution in [1.82, 2.24) is 19.9 Å². The summed E-state index contributed by atoms with van der Waals surface area (Å²) in [5.74, 6) is 0.656. The molecule has 0 fully saturated rings.